The zero-order chi connectivity index (χ0) is 12.6. The van der Waals surface area contributed by atoms with Gasteiger partial charge in [0, 0.05) is 5.54 Å². The summed E-state index contributed by atoms with van der Waals surface area (Å²) >= 11 is 0. The minimum absolute atomic E-state index is 0.316. The van der Waals surface area contributed by atoms with E-state index >= 15 is 0 Å². The minimum Gasteiger partial charge on any atom is -0.302 e. The second-order valence-electron chi connectivity index (χ2n) is 5.86. The molecule has 0 saturated heterocycles. The second kappa shape index (κ2) is 7.89. The molecule has 0 atom stereocenters. The van der Waals surface area contributed by atoms with Crippen LogP contribution >= 0.6 is 0 Å². The topological polar surface area (TPSA) is 3.24 Å². The van der Waals surface area contributed by atoms with E-state index in [0.717, 1.165) is 6.42 Å². The summed E-state index contributed by atoms with van der Waals surface area (Å²) in [5, 5.41) is 0. The Hall–Kier alpha value is -0.300. The van der Waals surface area contributed by atoms with Crippen molar-refractivity contribution >= 4 is 0 Å². The van der Waals surface area contributed by atoms with E-state index in [2.05, 4.69) is 46.2 Å². The second-order valence-corrected chi connectivity index (χ2v) is 5.86. The van der Waals surface area contributed by atoms with Gasteiger partial charge in [-0.3, -0.25) is 0 Å². The lowest BCUT2D eigenvalue weighted by atomic mass is 10.0. The minimum atomic E-state index is 0.316. The van der Waals surface area contributed by atoms with Gasteiger partial charge < -0.3 is 4.90 Å². The average molecular weight is 225 g/mol. The molecule has 0 fully saturated rings. The van der Waals surface area contributed by atoms with Gasteiger partial charge in [0.25, 0.3) is 0 Å². The van der Waals surface area contributed by atoms with Crippen molar-refractivity contribution in [2.45, 2.75) is 71.8 Å². The van der Waals surface area contributed by atoms with Crippen molar-refractivity contribution in [3.8, 4) is 0 Å². The van der Waals surface area contributed by atoms with Crippen LogP contribution in [0.1, 0.15) is 66.2 Å². The summed E-state index contributed by atoms with van der Waals surface area (Å²) < 4.78 is 0. The lowest BCUT2D eigenvalue weighted by molar-refractivity contribution is 0.172. The summed E-state index contributed by atoms with van der Waals surface area (Å²) in [7, 11) is 2.22. The Morgan fingerprint density at radius 3 is 2.12 bits per heavy atom. The lowest BCUT2D eigenvalue weighted by Gasteiger charge is -2.31. The first-order valence-corrected chi connectivity index (χ1v) is 6.75. The first-order valence-electron chi connectivity index (χ1n) is 6.75. The molecule has 0 aromatic rings. The van der Waals surface area contributed by atoms with Crippen molar-refractivity contribution < 1.29 is 0 Å². The molecule has 0 aliphatic rings. The summed E-state index contributed by atoms with van der Waals surface area (Å²) in [6.07, 6.45) is 7.74. The molecule has 0 heterocycles. The third kappa shape index (κ3) is 7.92. The Morgan fingerprint density at radius 2 is 1.62 bits per heavy atom. The van der Waals surface area contributed by atoms with Crippen LogP contribution in [0.2, 0.25) is 0 Å². The first kappa shape index (κ1) is 15.7. The SMILES string of the molecule is C=C(CC)CCCCCCN(C)C(C)(C)C. The number of hydrogen-bond donors (Lipinski definition) is 0. The Balaban J connectivity index is 3.37. The number of unbranched alkanes of at least 4 members (excludes halogenated alkanes) is 3. The van der Waals surface area contributed by atoms with E-state index < -0.39 is 0 Å². The van der Waals surface area contributed by atoms with Gasteiger partial charge in [-0.05, 0) is 60.0 Å². The van der Waals surface area contributed by atoms with Crippen molar-refractivity contribution in [1.82, 2.24) is 4.90 Å². The van der Waals surface area contributed by atoms with Gasteiger partial charge in [-0.15, -0.1) is 0 Å². The average Bonchev–Trinajstić information content (AvgIpc) is 2.20. The highest BCUT2D eigenvalue weighted by molar-refractivity contribution is 4.91. The van der Waals surface area contributed by atoms with Gasteiger partial charge in [0.15, 0.2) is 0 Å². The van der Waals surface area contributed by atoms with Crippen LogP contribution in [-0.2, 0) is 0 Å². The summed E-state index contributed by atoms with van der Waals surface area (Å²) in [5.74, 6) is 0. The molecule has 0 spiro atoms. The predicted octanol–water partition coefficient (Wildman–Crippen LogP) is 4.63. The maximum Gasteiger partial charge on any atom is 0.0122 e. The summed E-state index contributed by atoms with van der Waals surface area (Å²) in [5.41, 5.74) is 1.73. The van der Waals surface area contributed by atoms with Crippen molar-refractivity contribution in [2.75, 3.05) is 13.6 Å². The standard InChI is InChI=1S/C15H31N/c1-7-14(2)12-10-8-9-11-13-16(6)15(3,4)5/h2,7-13H2,1,3-6H3. The predicted molar refractivity (Wildman–Crippen MR) is 74.9 cm³/mol. The first-order chi connectivity index (χ1) is 7.38. The van der Waals surface area contributed by atoms with Crippen molar-refractivity contribution in [3.63, 3.8) is 0 Å². The third-order valence-corrected chi connectivity index (χ3v) is 3.42. The molecule has 1 heteroatoms. The van der Waals surface area contributed by atoms with Crippen LogP contribution in [0.15, 0.2) is 12.2 Å². The number of rotatable bonds is 8. The van der Waals surface area contributed by atoms with E-state index in [4.69, 9.17) is 0 Å². The third-order valence-electron chi connectivity index (χ3n) is 3.42. The highest BCUT2D eigenvalue weighted by atomic mass is 15.1. The van der Waals surface area contributed by atoms with E-state index in [1.807, 2.05) is 0 Å². The number of nitrogens with zero attached hydrogens (tertiary/aromatic N) is 1. The normalized spacial score (nSPS) is 12.1. The van der Waals surface area contributed by atoms with Gasteiger partial charge in [0.1, 0.15) is 0 Å². The highest BCUT2D eigenvalue weighted by Crippen LogP contribution is 2.14. The Bertz CT molecular complexity index is 188. The number of hydrogen-bond acceptors (Lipinski definition) is 1. The highest BCUT2D eigenvalue weighted by Gasteiger charge is 2.15. The quantitative estimate of drug-likeness (QED) is 0.430. The van der Waals surface area contributed by atoms with Crippen LogP contribution < -0.4 is 0 Å². The molecule has 0 aromatic carbocycles. The lowest BCUT2D eigenvalue weighted by Crippen LogP contribution is -2.38. The van der Waals surface area contributed by atoms with Crippen molar-refractivity contribution in [2.24, 2.45) is 0 Å². The number of allylic oxidation sites excluding steroid dienone is 1. The molecular formula is C15H31N. The molecule has 16 heavy (non-hydrogen) atoms. The van der Waals surface area contributed by atoms with Gasteiger partial charge in [-0.1, -0.05) is 31.9 Å². The van der Waals surface area contributed by atoms with Gasteiger partial charge in [-0.25, -0.2) is 0 Å². The van der Waals surface area contributed by atoms with Gasteiger partial charge in [0.05, 0.1) is 0 Å². The molecule has 0 amide bonds. The van der Waals surface area contributed by atoms with E-state index in [1.54, 1.807) is 0 Å². The zero-order valence-electron chi connectivity index (χ0n) is 12.1. The summed E-state index contributed by atoms with van der Waals surface area (Å²) in [6.45, 7) is 14.3. The van der Waals surface area contributed by atoms with Gasteiger partial charge in [0.2, 0.25) is 0 Å². The van der Waals surface area contributed by atoms with Crippen molar-refractivity contribution in [3.05, 3.63) is 12.2 Å². The van der Waals surface area contributed by atoms with Crippen LogP contribution in [0.5, 0.6) is 0 Å². The van der Waals surface area contributed by atoms with Gasteiger partial charge in [-0.2, -0.15) is 0 Å². The molecule has 0 bridgehead atoms. The maximum absolute atomic E-state index is 4.04. The van der Waals surface area contributed by atoms with Crippen molar-refractivity contribution in [1.29, 1.82) is 0 Å². The van der Waals surface area contributed by atoms with E-state index in [0.29, 0.717) is 5.54 Å². The molecule has 0 unspecified atom stereocenters. The van der Waals surface area contributed by atoms with Crippen LogP contribution in [-0.4, -0.2) is 24.0 Å². The monoisotopic (exact) mass is 225 g/mol. The molecular weight excluding hydrogens is 194 g/mol. The van der Waals surface area contributed by atoms with E-state index in [1.165, 1.54) is 44.2 Å². The summed E-state index contributed by atoms with van der Waals surface area (Å²) in [6, 6.07) is 0. The fraction of sp³-hybridized carbons (Fsp3) is 0.867. The van der Waals surface area contributed by atoms with Crippen LogP contribution in [0, 0.1) is 0 Å². The van der Waals surface area contributed by atoms with E-state index in [-0.39, 0.29) is 0 Å². The molecule has 0 rings (SSSR count). The van der Waals surface area contributed by atoms with Crippen LogP contribution in [0.25, 0.3) is 0 Å². The Morgan fingerprint density at radius 1 is 1.06 bits per heavy atom. The van der Waals surface area contributed by atoms with E-state index in [9.17, 15) is 0 Å². The fourth-order valence-corrected chi connectivity index (χ4v) is 1.59. The molecule has 0 saturated carbocycles. The molecule has 96 valence electrons. The zero-order valence-corrected chi connectivity index (χ0v) is 12.1. The molecule has 0 radical (unpaired) electrons. The molecule has 0 N–H and O–H groups in total. The molecule has 0 aliphatic carbocycles. The van der Waals surface area contributed by atoms with Crippen LogP contribution in [0.4, 0.5) is 0 Å². The smallest absolute Gasteiger partial charge is 0.0122 e. The van der Waals surface area contributed by atoms with Crippen LogP contribution in [0.3, 0.4) is 0 Å². The molecule has 0 aromatic heterocycles. The maximum atomic E-state index is 4.04. The summed E-state index contributed by atoms with van der Waals surface area (Å²) in [4.78, 5) is 2.44. The molecule has 0 aliphatic heterocycles. The van der Waals surface area contributed by atoms with Gasteiger partial charge >= 0.3 is 0 Å². The largest absolute Gasteiger partial charge is 0.302 e. The Kier molecular flexibility index (Phi) is 7.74. The fourth-order valence-electron chi connectivity index (χ4n) is 1.59. The Labute approximate surface area is 103 Å². The molecule has 1 nitrogen and oxygen atoms in total.